The Bertz CT molecular complexity index is 1020. The molecule has 0 amide bonds. The first kappa shape index (κ1) is 17.7. The van der Waals surface area contributed by atoms with E-state index in [1.807, 2.05) is 37.3 Å². The minimum atomic E-state index is 0.519. The summed E-state index contributed by atoms with van der Waals surface area (Å²) in [5.74, 6) is 1.96. The van der Waals surface area contributed by atoms with Gasteiger partial charge in [-0.05, 0) is 43.0 Å². The van der Waals surface area contributed by atoms with Crippen molar-refractivity contribution in [2.24, 2.45) is 4.99 Å². The van der Waals surface area contributed by atoms with Gasteiger partial charge in [0.1, 0.15) is 5.84 Å². The Balaban J connectivity index is 1.79. The van der Waals surface area contributed by atoms with E-state index in [0.717, 1.165) is 40.0 Å². The molecule has 5 heteroatoms. The molecule has 0 aromatic heterocycles. The molecule has 1 N–H and O–H groups in total. The van der Waals surface area contributed by atoms with Crippen molar-refractivity contribution in [2.75, 3.05) is 18.5 Å². The van der Waals surface area contributed by atoms with E-state index in [-0.39, 0.29) is 0 Å². The molecule has 0 atom stereocenters. The molecule has 1 heterocycles. The molecule has 0 radical (unpaired) electrons. The summed E-state index contributed by atoms with van der Waals surface area (Å²) in [6.45, 7) is 5.12. The van der Waals surface area contributed by atoms with Gasteiger partial charge in [0, 0.05) is 16.6 Å². The third-order valence-corrected chi connectivity index (χ3v) is 4.68. The molecule has 27 heavy (non-hydrogen) atoms. The van der Waals surface area contributed by atoms with Crippen molar-refractivity contribution in [3.63, 3.8) is 0 Å². The fourth-order valence-corrected chi connectivity index (χ4v) is 3.51. The minimum absolute atomic E-state index is 0.519. The largest absolute Gasteiger partial charge is 0.490 e. The van der Waals surface area contributed by atoms with Gasteiger partial charge in [0.15, 0.2) is 11.5 Å². The summed E-state index contributed by atoms with van der Waals surface area (Å²) < 4.78 is 11.6. The average Bonchev–Trinajstić information content (AvgIpc) is 2.68. The van der Waals surface area contributed by atoms with Gasteiger partial charge in [0.25, 0.3) is 0 Å². The maximum Gasteiger partial charge on any atom is 0.179 e. The van der Waals surface area contributed by atoms with Crippen LogP contribution in [0.3, 0.4) is 0 Å². The summed E-state index contributed by atoms with van der Waals surface area (Å²) in [5.41, 5.74) is 2.84. The van der Waals surface area contributed by atoms with Gasteiger partial charge in [-0.15, -0.1) is 0 Å². The number of hydrogen-bond acceptors (Lipinski definition) is 4. The molecule has 0 spiro atoms. The summed E-state index contributed by atoms with van der Waals surface area (Å²) in [4.78, 5) is 4.82. The van der Waals surface area contributed by atoms with E-state index in [4.69, 9.17) is 26.1 Å². The molecule has 1 aliphatic rings. The van der Waals surface area contributed by atoms with E-state index < -0.39 is 0 Å². The second-order valence-electron chi connectivity index (χ2n) is 6.33. The SMILES string of the molecule is CCCOc1c(Cl)cc(C2=Nc3cccc4cccc(c34)N2)cc1OCC. The lowest BCUT2D eigenvalue weighted by Crippen LogP contribution is -2.16. The topological polar surface area (TPSA) is 42.8 Å². The second-order valence-corrected chi connectivity index (χ2v) is 6.74. The van der Waals surface area contributed by atoms with Gasteiger partial charge in [-0.2, -0.15) is 0 Å². The summed E-state index contributed by atoms with van der Waals surface area (Å²) in [5, 5.41) is 6.24. The van der Waals surface area contributed by atoms with Gasteiger partial charge in [-0.3, -0.25) is 0 Å². The van der Waals surface area contributed by atoms with Gasteiger partial charge in [-0.1, -0.05) is 42.8 Å². The van der Waals surface area contributed by atoms with Crippen molar-refractivity contribution in [1.29, 1.82) is 0 Å². The van der Waals surface area contributed by atoms with Crippen LogP contribution in [0.15, 0.2) is 53.5 Å². The number of aliphatic imine (C=N–C) groups is 1. The minimum Gasteiger partial charge on any atom is -0.490 e. The normalized spacial score (nSPS) is 12.5. The Morgan fingerprint density at radius 1 is 1.04 bits per heavy atom. The Kier molecular flexibility index (Phi) is 4.90. The van der Waals surface area contributed by atoms with Crippen LogP contribution < -0.4 is 14.8 Å². The van der Waals surface area contributed by atoms with E-state index in [1.165, 1.54) is 0 Å². The molecule has 0 saturated carbocycles. The van der Waals surface area contributed by atoms with Crippen molar-refractivity contribution in [2.45, 2.75) is 20.3 Å². The molecule has 4 rings (SSSR count). The highest BCUT2D eigenvalue weighted by molar-refractivity contribution is 6.33. The Morgan fingerprint density at radius 2 is 1.85 bits per heavy atom. The molecule has 1 aliphatic heterocycles. The van der Waals surface area contributed by atoms with Crippen LogP contribution in [-0.4, -0.2) is 19.0 Å². The van der Waals surface area contributed by atoms with Crippen LogP contribution in [-0.2, 0) is 0 Å². The van der Waals surface area contributed by atoms with Crippen molar-refractivity contribution >= 4 is 39.6 Å². The monoisotopic (exact) mass is 380 g/mol. The number of halogens is 1. The number of nitrogens with one attached hydrogen (secondary N) is 1. The van der Waals surface area contributed by atoms with Crippen LogP contribution in [0.1, 0.15) is 25.8 Å². The quantitative estimate of drug-likeness (QED) is 0.554. The molecule has 0 bridgehead atoms. The third kappa shape index (κ3) is 3.33. The van der Waals surface area contributed by atoms with Crippen LogP contribution in [0, 0.1) is 0 Å². The molecule has 4 nitrogen and oxygen atoms in total. The number of benzene rings is 3. The van der Waals surface area contributed by atoms with E-state index in [1.54, 1.807) is 0 Å². The molecule has 0 aliphatic carbocycles. The van der Waals surface area contributed by atoms with Crippen molar-refractivity contribution in [1.82, 2.24) is 0 Å². The second kappa shape index (κ2) is 7.49. The number of hydrogen-bond donors (Lipinski definition) is 1. The maximum atomic E-state index is 6.52. The van der Waals surface area contributed by atoms with Gasteiger partial charge >= 0.3 is 0 Å². The smallest absolute Gasteiger partial charge is 0.179 e. The van der Waals surface area contributed by atoms with E-state index >= 15 is 0 Å². The molecular formula is C22H21ClN2O2. The zero-order valence-electron chi connectivity index (χ0n) is 15.4. The number of anilines is 1. The highest BCUT2D eigenvalue weighted by atomic mass is 35.5. The van der Waals surface area contributed by atoms with Crippen LogP contribution in [0.5, 0.6) is 11.5 Å². The molecular weight excluding hydrogens is 360 g/mol. The van der Waals surface area contributed by atoms with Crippen LogP contribution >= 0.6 is 11.6 Å². The first-order valence-corrected chi connectivity index (χ1v) is 9.56. The summed E-state index contributed by atoms with van der Waals surface area (Å²) >= 11 is 6.52. The third-order valence-electron chi connectivity index (χ3n) is 4.40. The highest BCUT2D eigenvalue weighted by Gasteiger charge is 2.19. The van der Waals surface area contributed by atoms with Gasteiger partial charge in [-0.25, -0.2) is 4.99 Å². The Morgan fingerprint density at radius 3 is 2.63 bits per heavy atom. The first-order valence-electron chi connectivity index (χ1n) is 9.18. The predicted octanol–water partition coefficient (Wildman–Crippen LogP) is 6.18. The Labute approximate surface area is 163 Å². The van der Waals surface area contributed by atoms with E-state index in [9.17, 15) is 0 Å². The first-order chi connectivity index (χ1) is 13.2. The van der Waals surface area contributed by atoms with Crippen LogP contribution in [0.4, 0.5) is 11.4 Å². The number of amidine groups is 1. The summed E-state index contributed by atoms with van der Waals surface area (Å²) in [7, 11) is 0. The molecule has 0 fully saturated rings. The van der Waals surface area contributed by atoms with Crippen LogP contribution in [0.2, 0.25) is 5.02 Å². The molecule has 0 saturated heterocycles. The fraction of sp³-hybridized carbons (Fsp3) is 0.227. The standard InChI is InChI=1S/C22H21ClN2O2/c1-3-11-27-21-16(23)12-15(13-19(21)26-4-2)22-24-17-9-5-7-14-8-6-10-18(25-22)20(14)17/h5-10,12-13H,3-4,11H2,1-2H3,(H,24,25). The van der Waals surface area contributed by atoms with Crippen molar-refractivity contribution < 1.29 is 9.47 Å². The molecule has 0 unspecified atom stereocenters. The zero-order valence-corrected chi connectivity index (χ0v) is 16.1. The van der Waals surface area contributed by atoms with Gasteiger partial charge in [0.2, 0.25) is 0 Å². The lowest BCUT2D eigenvalue weighted by atomic mass is 10.0. The number of nitrogens with zero attached hydrogens (tertiary/aromatic N) is 1. The lowest BCUT2D eigenvalue weighted by molar-refractivity contribution is 0.277. The summed E-state index contributed by atoms with van der Waals surface area (Å²) in [6, 6.07) is 16.1. The van der Waals surface area contributed by atoms with Crippen molar-refractivity contribution in [3.8, 4) is 11.5 Å². The van der Waals surface area contributed by atoms with Crippen molar-refractivity contribution in [3.05, 3.63) is 59.1 Å². The summed E-state index contributed by atoms with van der Waals surface area (Å²) in [6.07, 6.45) is 0.901. The fourth-order valence-electron chi connectivity index (χ4n) is 3.24. The maximum absolute atomic E-state index is 6.52. The number of ether oxygens (including phenoxy) is 2. The highest BCUT2D eigenvalue weighted by Crippen LogP contribution is 2.40. The molecule has 138 valence electrons. The Hall–Kier alpha value is -2.72. The molecule has 3 aromatic carbocycles. The zero-order chi connectivity index (χ0) is 18.8. The van der Waals surface area contributed by atoms with E-state index in [0.29, 0.717) is 29.7 Å². The van der Waals surface area contributed by atoms with Gasteiger partial charge in [0.05, 0.1) is 23.9 Å². The molecule has 3 aromatic rings. The van der Waals surface area contributed by atoms with Crippen LogP contribution in [0.25, 0.3) is 10.8 Å². The predicted molar refractivity (Wildman–Crippen MR) is 112 cm³/mol. The van der Waals surface area contributed by atoms with Gasteiger partial charge < -0.3 is 14.8 Å². The lowest BCUT2D eigenvalue weighted by Gasteiger charge is -2.20. The number of rotatable bonds is 6. The van der Waals surface area contributed by atoms with E-state index in [2.05, 4.69) is 30.4 Å². The average molecular weight is 381 g/mol.